The molecule has 10 nitrogen and oxygen atoms in total. The number of ketones is 4. The van der Waals surface area contributed by atoms with Crippen LogP contribution in [0.4, 0.5) is 0 Å². The number of carbonyl (C=O) groups is 4. The van der Waals surface area contributed by atoms with Crippen molar-refractivity contribution in [3.63, 3.8) is 0 Å². The Morgan fingerprint density at radius 3 is 1.35 bits per heavy atom. The maximum Gasteiger partial charge on any atom is 0.198 e. The zero-order valence-corrected chi connectivity index (χ0v) is 28.5. The molecule has 260 valence electrons. The van der Waals surface area contributed by atoms with Crippen LogP contribution in [0.15, 0.2) is 36.4 Å². The topological polar surface area (TPSA) is 168 Å². The molecule has 4 N–H and O–H groups in total. The van der Waals surface area contributed by atoms with Crippen LogP contribution in [0.5, 0.6) is 23.0 Å². The van der Waals surface area contributed by atoms with Gasteiger partial charge in [-0.3, -0.25) is 19.2 Å². The van der Waals surface area contributed by atoms with E-state index in [0.29, 0.717) is 36.8 Å². The quantitative estimate of drug-likeness (QED) is 0.186. The summed E-state index contributed by atoms with van der Waals surface area (Å²) in [5, 5.41) is 45.7. The number of carbonyl (C=O) groups excluding carboxylic acids is 4. The molecule has 0 saturated carbocycles. The lowest BCUT2D eigenvalue weighted by Crippen LogP contribution is -2.28. The van der Waals surface area contributed by atoms with Gasteiger partial charge in [0.05, 0.1) is 48.7 Å². The van der Waals surface area contributed by atoms with E-state index in [0.717, 1.165) is 11.1 Å². The normalized spacial score (nSPS) is 21.6. The van der Waals surface area contributed by atoms with Crippen LogP contribution >= 0.6 is 0 Å². The Morgan fingerprint density at radius 1 is 0.588 bits per heavy atom. The summed E-state index contributed by atoms with van der Waals surface area (Å²) in [6.45, 7) is 4.00. The molecule has 0 aliphatic heterocycles. The molecule has 0 aromatic heterocycles. The minimum absolute atomic E-state index is 0.0214. The average Bonchev–Trinajstić information content (AvgIpc) is 3.09. The Kier molecular flexibility index (Phi) is 7.48. The molecule has 51 heavy (non-hydrogen) atoms. The fourth-order valence-corrected chi connectivity index (χ4v) is 8.84. The van der Waals surface area contributed by atoms with Crippen LogP contribution in [0.25, 0.3) is 0 Å². The number of methoxy groups -OCH3 is 2. The van der Waals surface area contributed by atoms with Gasteiger partial charge in [0.2, 0.25) is 0 Å². The van der Waals surface area contributed by atoms with Crippen molar-refractivity contribution >= 4 is 23.1 Å². The van der Waals surface area contributed by atoms with Crippen molar-refractivity contribution in [2.24, 2.45) is 11.8 Å². The van der Waals surface area contributed by atoms with Crippen LogP contribution in [-0.2, 0) is 19.3 Å². The zero-order valence-electron chi connectivity index (χ0n) is 28.5. The van der Waals surface area contributed by atoms with Gasteiger partial charge in [-0.25, -0.2) is 0 Å². The molecule has 0 heterocycles. The van der Waals surface area contributed by atoms with Gasteiger partial charge in [-0.05, 0) is 84.0 Å². The van der Waals surface area contributed by atoms with Crippen molar-refractivity contribution in [1.29, 1.82) is 0 Å². The summed E-state index contributed by atoms with van der Waals surface area (Å²) < 4.78 is 11.2. The van der Waals surface area contributed by atoms with Gasteiger partial charge in [-0.15, -0.1) is 0 Å². The van der Waals surface area contributed by atoms with Crippen molar-refractivity contribution in [3.8, 4) is 23.0 Å². The predicted octanol–water partition coefficient (Wildman–Crippen LogP) is 5.49. The molecule has 4 aliphatic carbocycles. The molecule has 8 rings (SSSR count). The summed E-state index contributed by atoms with van der Waals surface area (Å²) >= 11 is 0. The number of benzene rings is 4. The molecule has 0 fully saturated rings. The van der Waals surface area contributed by atoms with Gasteiger partial charge in [0.1, 0.15) is 23.0 Å². The highest BCUT2D eigenvalue weighted by Crippen LogP contribution is 2.48. The molecular weight excluding hydrogens is 652 g/mol. The minimum atomic E-state index is -0.968. The molecular formula is C41H36O10. The SMILES string of the molecule is COc1cc(Cc2cc(OC)c3c(c2O)C(=O)c2c(ccc4c2[C@@H](O)C[C@@H](C)C4)C3=O)c(O)c2c1C(=O)c1ccc3c(c1C2=O)[C@H](O)C[C@H](C)C3. The van der Waals surface area contributed by atoms with Crippen molar-refractivity contribution in [2.45, 2.75) is 58.2 Å². The molecule has 0 spiro atoms. The molecule has 4 aromatic rings. The van der Waals surface area contributed by atoms with Crippen LogP contribution in [0, 0.1) is 11.8 Å². The van der Waals surface area contributed by atoms with Crippen LogP contribution in [0.3, 0.4) is 0 Å². The lowest BCUT2D eigenvalue weighted by molar-refractivity contribution is 0.0960. The molecule has 4 aliphatic rings. The Morgan fingerprint density at radius 2 is 0.980 bits per heavy atom. The number of aromatic hydroxyl groups is 2. The Labute approximate surface area is 293 Å². The summed E-state index contributed by atoms with van der Waals surface area (Å²) in [7, 11) is 2.66. The first-order valence-corrected chi connectivity index (χ1v) is 17.1. The average molecular weight is 689 g/mol. The number of phenols is 2. The van der Waals surface area contributed by atoms with Gasteiger partial charge in [-0.1, -0.05) is 26.0 Å². The third-order valence-corrected chi connectivity index (χ3v) is 11.1. The number of hydrogen-bond donors (Lipinski definition) is 4. The number of aliphatic hydroxyl groups is 2. The second-order valence-corrected chi connectivity index (χ2v) is 14.4. The van der Waals surface area contributed by atoms with Gasteiger partial charge in [-0.2, -0.15) is 0 Å². The predicted molar refractivity (Wildman–Crippen MR) is 184 cm³/mol. The van der Waals surface area contributed by atoms with Crippen molar-refractivity contribution in [2.75, 3.05) is 14.2 Å². The number of aliphatic hydroxyl groups excluding tert-OH is 2. The number of fused-ring (bicyclic) bond motifs is 8. The minimum Gasteiger partial charge on any atom is -0.507 e. The van der Waals surface area contributed by atoms with Gasteiger partial charge >= 0.3 is 0 Å². The second-order valence-electron chi connectivity index (χ2n) is 14.4. The van der Waals surface area contributed by atoms with E-state index in [1.54, 1.807) is 24.3 Å². The van der Waals surface area contributed by atoms with E-state index < -0.39 is 46.8 Å². The van der Waals surface area contributed by atoms with E-state index in [1.807, 2.05) is 13.8 Å². The van der Waals surface area contributed by atoms with E-state index in [2.05, 4.69) is 0 Å². The zero-order chi connectivity index (χ0) is 36.2. The number of ether oxygens (including phenoxy) is 2. The van der Waals surface area contributed by atoms with E-state index in [4.69, 9.17) is 9.47 Å². The van der Waals surface area contributed by atoms with Crippen LogP contribution in [0.2, 0.25) is 0 Å². The number of rotatable bonds is 4. The standard InChI is InChI=1S/C41H36O10/c1-16-9-18-5-7-22-30(28(18)24(42)11-16)40(48)34-32(38(22)46)26(50-3)14-20(36(34)44)13-21-15-27(51-4)33-35(37(21)45)41(49)31-23(39(33)47)8-6-19-10-17(2)12-25(43)29(19)31/h5-8,14-17,24-25,42-45H,9-13H2,1-4H3/t16-,17+,24-,25+. The first-order valence-electron chi connectivity index (χ1n) is 17.1. The third-order valence-electron chi connectivity index (χ3n) is 11.1. The lowest BCUT2D eigenvalue weighted by Gasteiger charge is -2.32. The van der Waals surface area contributed by atoms with Crippen LogP contribution in [-0.4, -0.2) is 57.8 Å². The van der Waals surface area contributed by atoms with E-state index in [9.17, 15) is 39.6 Å². The first-order chi connectivity index (χ1) is 24.4. The highest BCUT2D eigenvalue weighted by atomic mass is 16.5. The van der Waals surface area contributed by atoms with Gasteiger partial charge in [0.25, 0.3) is 0 Å². The summed E-state index contributed by atoms with van der Waals surface area (Å²) in [6.07, 6.45) is -0.120. The fourth-order valence-electron chi connectivity index (χ4n) is 8.84. The Bertz CT molecular complexity index is 2120. The molecule has 4 atom stereocenters. The highest BCUT2D eigenvalue weighted by Gasteiger charge is 2.43. The third kappa shape index (κ3) is 4.62. The maximum atomic E-state index is 14.3. The van der Waals surface area contributed by atoms with Crippen molar-refractivity contribution in [3.05, 3.63) is 114 Å². The smallest absolute Gasteiger partial charge is 0.198 e. The monoisotopic (exact) mass is 688 g/mol. The van der Waals surface area contributed by atoms with Crippen LogP contribution in [0.1, 0.15) is 136 Å². The highest BCUT2D eigenvalue weighted by molar-refractivity contribution is 6.32. The van der Waals surface area contributed by atoms with Gasteiger partial charge < -0.3 is 29.9 Å². The van der Waals surface area contributed by atoms with Crippen molar-refractivity contribution < 1.29 is 49.1 Å². The van der Waals surface area contributed by atoms with Gasteiger partial charge in [0, 0.05) is 39.8 Å². The van der Waals surface area contributed by atoms with E-state index in [-0.39, 0.29) is 85.4 Å². The Hall–Kier alpha value is -5.32. The second kappa shape index (κ2) is 11.6. The molecule has 0 unspecified atom stereocenters. The molecule has 0 bridgehead atoms. The molecule has 10 heteroatoms. The number of phenolic OH excluding ortho intramolecular Hbond substituents is 2. The number of hydrogen-bond acceptors (Lipinski definition) is 10. The first kappa shape index (κ1) is 32.9. The van der Waals surface area contributed by atoms with E-state index in [1.165, 1.54) is 26.4 Å². The summed E-state index contributed by atoms with van der Waals surface area (Å²) in [4.78, 5) is 56.5. The molecule has 4 aromatic carbocycles. The fraction of sp³-hybridized carbons (Fsp3) is 0.317. The summed E-state index contributed by atoms with van der Waals surface area (Å²) in [6, 6.07) is 9.49. The van der Waals surface area contributed by atoms with Gasteiger partial charge in [0.15, 0.2) is 23.1 Å². The largest absolute Gasteiger partial charge is 0.507 e. The van der Waals surface area contributed by atoms with E-state index >= 15 is 0 Å². The van der Waals surface area contributed by atoms with Crippen LogP contribution < -0.4 is 9.47 Å². The molecule has 0 radical (unpaired) electrons. The Balaban J connectivity index is 1.27. The molecule has 0 amide bonds. The summed E-state index contributed by atoms with van der Waals surface area (Å²) in [5.74, 6) is -2.98. The van der Waals surface area contributed by atoms with Crippen molar-refractivity contribution in [1.82, 2.24) is 0 Å². The lowest BCUT2D eigenvalue weighted by atomic mass is 9.73. The summed E-state index contributed by atoms with van der Waals surface area (Å²) in [5.41, 5.74) is 2.08. The molecule has 0 saturated heterocycles. The maximum absolute atomic E-state index is 14.3.